The molecule has 1 aliphatic rings. The first-order chi connectivity index (χ1) is 11.5. The predicted octanol–water partition coefficient (Wildman–Crippen LogP) is 2.40. The van der Waals surface area contributed by atoms with E-state index in [4.69, 9.17) is 4.74 Å². The van der Waals surface area contributed by atoms with Crippen molar-refractivity contribution in [2.45, 2.75) is 18.4 Å². The van der Waals surface area contributed by atoms with Crippen molar-refractivity contribution in [2.24, 2.45) is 0 Å². The number of ether oxygens (including phenoxy) is 1. The summed E-state index contributed by atoms with van der Waals surface area (Å²) in [5.41, 5.74) is 2.69. The van der Waals surface area contributed by atoms with Gasteiger partial charge < -0.3 is 9.84 Å². The van der Waals surface area contributed by atoms with Crippen molar-refractivity contribution in [1.29, 1.82) is 0 Å². The molecule has 0 heterocycles. The minimum Gasteiger partial charge on any atom is -0.479 e. The summed E-state index contributed by atoms with van der Waals surface area (Å²) in [6, 6.07) is 16.0. The first-order valence-corrected chi connectivity index (χ1v) is 7.76. The van der Waals surface area contributed by atoms with Gasteiger partial charge in [0.05, 0.1) is 0 Å². The standard InChI is InChI=1S/C19H19NO4/c1-19(20-2,17(21)22)18(23)24-11-16-14-9-5-3-7-12(14)13-8-4-6-10-15(13)16/h3-10,16,20H,11H2,1-2H3,(H,21,22)/t19-/m1/s1. The number of carboxylic acids is 1. The molecule has 0 bridgehead atoms. The number of carbonyl (C=O) groups excluding carboxylic acids is 1. The minimum absolute atomic E-state index is 0.0868. The van der Waals surface area contributed by atoms with Gasteiger partial charge >= 0.3 is 11.9 Å². The van der Waals surface area contributed by atoms with Crippen LogP contribution in [0, 0.1) is 0 Å². The molecule has 0 aliphatic heterocycles. The van der Waals surface area contributed by atoms with E-state index in [0.717, 1.165) is 22.3 Å². The number of benzene rings is 2. The van der Waals surface area contributed by atoms with Crippen LogP contribution < -0.4 is 5.32 Å². The lowest BCUT2D eigenvalue weighted by molar-refractivity contribution is -0.162. The van der Waals surface area contributed by atoms with Gasteiger partial charge in [-0.25, -0.2) is 9.59 Å². The molecule has 5 heteroatoms. The Bertz CT molecular complexity index is 756. The zero-order valence-electron chi connectivity index (χ0n) is 13.6. The van der Waals surface area contributed by atoms with Gasteiger partial charge in [0, 0.05) is 5.92 Å². The van der Waals surface area contributed by atoms with Crippen LogP contribution in [0.5, 0.6) is 0 Å². The molecular formula is C19H19NO4. The maximum Gasteiger partial charge on any atom is 0.337 e. The van der Waals surface area contributed by atoms with Gasteiger partial charge in [0.25, 0.3) is 0 Å². The third kappa shape index (κ3) is 2.47. The van der Waals surface area contributed by atoms with Crippen molar-refractivity contribution in [2.75, 3.05) is 13.7 Å². The molecule has 0 fully saturated rings. The van der Waals surface area contributed by atoms with Crippen molar-refractivity contribution >= 4 is 11.9 Å². The summed E-state index contributed by atoms with van der Waals surface area (Å²) in [6.07, 6.45) is 0. The van der Waals surface area contributed by atoms with Crippen molar-refractivity contribution in [3.63, 3.8) is 0 Å². The van der Waals surface area contributed by atoms with Gasteiger partial charge in [0.15, 0.2) is 0 Å². The molecule has 2 aromatic rings. The van der Waals surface area contributed by atoms with Gasteiger partial charge in [-0.2, -0.15) is 0 Å². The van der Waals surface area contributed by atoms with Gasteiger partial charge in [-0.3, -0.25) is 5.32 Å². The summed E-state index contributed by atoms with van der Waals surface area (Å²) in [5.74, 6) is -2.14. The van der Waals surface area contributed by atoms with Crippen LogP contribution in [-0.4, -0.2) is 36.2 Å². The third-order valence-corrected chi connectivity index (χ3v) is 4.68. The highest BCUT2D eigenvalue weighted by molar-refractivity contribution is 6.03. The highest BCUT2D eigenvalue weighted by atomic mass is 16.5. The Labute approximate surface area is 140 Å². The molecule has 0 saturated carbocycles. The van der Waals surface area contributed by atoms with Gasteiger partial charge in [-0.1, -0.05) is 48.5 Å². The smallest absolute Gasteiger partial charge is 0.337 e. The number of rotatable bonds is 5. The Balaban J connectivity index is 1.86. The molecule has 2 aromatic carbocycles. The van der Waals surface area contributed by atoms with Crippen LogP contribution in [0.4, 0.5) is 0 Å². The average molecular weight is 325 g/mol. The second-order valence-electron chi connectivity index (χ2n) is 6.01. The lowest BCUT2D eigenvalue weighted by Gasteiger charge is -2.23. The Kier molecular flexibility index (Phi) is 4.11. The molecule has 24 heavy (non-hydrogen) atoms. The van der Waals surface area contributed by atoms with Crippen LogP contribution in [0.15, 0.2) is 48.5 Å². The Morgan fingerprint density at radius 2 is 1.58 bits per heavy atom. The molecule has 0 aromatic heterocycles. The number of hydrogen-bond acceptors (Lipinski definition) is 4. The van der Waals surface area contributed by atoms with E-state index in [2.05, 4.69) is 5.32 Å². The van der Waals surface area contributed by atoms with Gasteiger partial charge in [0.1, 0.15) is 6.61 Å². The maximum atomic E-state index is 12.3. The Morgan fingerprint density at radius 1 is 1.08 bits per heavy atom. The number of carboxylic acid groups (broad SMARTS) is 1. The summed E-state index contributed by atoms with van der Waals surface area (Å²) in [5, 5.41) is 11.8. The van der Waals surface area contributed by atoms with Crippen molar-refractivity contribution in [3.8, 4) is 11.1 Å². The number of fused-ring (bicyclic) bond motifs is 3. The monoisotopic (exact) mass is 325 g/mol. The number of esters is 1. The molecule has 124 valence electrons. The van der Waals surface area contributed by atoms with Gasteiger partial charge in [-0.05, 0) is 36.2 Å². The molecule has 0 saturated heterocycles. The number of carbonyl (C=O) groups is 2. The number of aliphatic carboxylic acids is 1. The summed E-state index contributed by atoms with van der Waals surface area (Å²) >= 11 is 0. The molecule has 0 spiro atoms. The summed E-state index contributed by atoms with van der Waals surface area (Å²) in [6.45, 7) is 1.41. The molecule has 5 nitrogen and oxygen atoms in total. The second-order valence-corrected chi connectivity index (χ2v) is 6.01. The molecule has 0 radical (unpaired) electrons. The van der Waals surface area contributed by atoms with Crippen LogP contribution in [0.2, 0.25) is 0 Å². The predicted molar refractivity (Wildman–Crippen MR) is 89.8 cm³/mol. The third-order valence-electron chi connectivity index (χ3n) is 4.68. The van der Waals surface area contributed by atoms with E-state index in [1.54, 1.807) is 0 Å². The van der Waals surface area contributed by atoms with E-state index in [1.807, 2.05) is 48.5 Å². The molecule has 2 N–H and O–H groups in total. The molecule has 3 rings (SSSR count). The molecule has 0 unspecified atom stereocenters. The van der Waals surface area contributed by atoms with Gasteiger partial charge in [-0.15, -0.1) is 0 Å². The van der Waals surface area contributed by atoms with E-state index in [1.165, 1.54) is 14.0 Å². The number of likely N-dealkylation sites (N-methyl/N-ethyl adjacent to an activating group) is 1. The van der Waals surface area contributed by atoms with Crippen LogP contribution >= 0.6 is 0 Å². The van der Waals surface area contributed by atoms with E-state index in [0.29, 0.717) is 0 Å². The highest BCUT2D eigenvalue weighted by Crippen LogP contribution is 2.44. The van der Waals surface area contributed by atoms with Crippen LogP contribution in [0.3, 0.4) is 0 Å². The first kappa shape index (κ1) is 16.2. The molecule has 1 atom stereocenters. The zero-order valence-corrected chi connectivity index (χ0v) is 13.6. The van der Waals surface area contributed by atoms with E-state index < -0.39 is 17.5 Å². The Hall–Kier alpha value is -2.66. The lowest BCUT2D eigenvalue weighted by atomic mass is 9.97. The minimum atomic E-state index is -1.75. The number of nitrogens with one attached hydrogen (secondary N) is 1. The van der Waals surface area contributed by atoms with E-state index in [-0.39, 0.29) is 12.5 Å². The summed E-state index contributed by atoms with van der Waals surface area (Å²) in [4.78, 5) is 23.6. The lowest BCUT2D eigenvalue weighted by Crippen LogP contribution is -2.55. The normalized spacial score (nSPS) is 15.2. The van der Waals surface area contributed by atoms with Crippen molar-refractivity contribution in [1.82, 2.24) is 5.32 Å². The van der Waals surface area contributed by atoms with Crippen LogP contribution in [0.1, 0.15) is 24.0 Å². The number of hydrogen-bond donors (Lipinski definition) is 2. The molecule has 0 amide bonds. The topological polar surface area (TPSA) is 75.6 Å². The largest absolute Gasteiger partial charge is 0.479 e. The van der Waals surface area contributed by atoms with Crippen LogP contribution in [0.25, 0.3) is 11.1 Å². The second kappa shape index (κ2) is 6.09. The van der Waals surface area contributed by atoms with E-state index in [9.17, 15) is 14.7 Å². The maximum absolute atomic E-state index is 12.3. The van der Waals surface area contributed by atoms with Crippen LogP contribution in [-0.2, 0) is 14.3 Å². The average Bonchev–Trinajstić information content (AvgIpc) is 2.92. The summed E-state index contributed by atoms with van der Waals surface area (Å²) < 4.78 is 5.37. The molecular weight excluding hydrogens is 306 g/mol. The fourth-order valence-electron chi connectivity index (χ4n) is 3.04. The SMILES string of the molecule is CN[C@](C)(C(=O)O)C(=O)OCC1c2ccccc2-c2ccccc21. The fraction of sp³-hybridized carbons (Fsp3) is 0.263. The Morgan fingerprint density at radius 3 is 2.04 bits per heavy atom. The van der Waals surface area contributed by atoms with Crippen molar-refractivity contribution < 1.29 is 19.4 Å². The quantitative estimate of drug-likeness (QED) is 0.652. The van der Waals surface area contributed by atoms with E-state index >= 15 is 0 Å². The first-order valence-electron chi connectivity index (χ1n) is 7.76. The summed E-state index contributed by atoms with van der Waals surface area (Å²) in [7, 11) is 1.43. The fourth-order valence-corrected chi connectivity index (χ4v) is 3.04. The highest BCUT2D eigenvalue weighted by Gasteiger charge is 2.42. The van der Waals surface area contributed by atoms with Gasteiger partial charge in [0.2, 0.25) is 5.54 Å². The molecule has 1 aliphatic carbocycles. The zero-order chi connectivity index (χ0) is 17.3. The van der Waals surface area contributed by atoms with Crippen molar-refractivity contribution in [3.05, 3.63) is 59.7 Å².